The van der Waals surface area contributed by atoms with Gasteiger partial charge in [-0.05, 0) is 18.7 Å². The molecule has 0 aliphatic carbocycles. The Bertz CT molecular complexity index is 1300. The van der Waals surface area contributed by atoms with E-state index in [2.05, 4.69) is 46.7 Å². The fourth-order valence-electron chi connectivity index (χ4n) is 3.42. The van der Waals surface area contributed by atoms with Crippen LogP contribution in [0, 0.1) is 12.3 Å². The number of hydrogen-bond donors (Lipinski definition) is 3. The molecule has 0 radical (unpaired) electrons. The molecule has 4 aromatic rings. The van der Waals surface area contributed by atoms with Crippen molar-refractivity contribution < 1.29 is 13.5 Å². The van der Waals surface area contributed by atoms with Crippen LogP contribution in [-0.4, -0.2) is 44.9 Å². The Balaban J connectivity index is 1.62. The zero-order valence-corrected chi connectivity index (χ0v) is 18.5. The molecule has 0 aliphatic rings. The van der Waals surface area contributed by atoms with Crippen LogP contribution in [0.4, 0.5) is 26.2 Å². The second-order valence-corrected chi connectivity index (χ2v) is 7.31. The van der Waals surface area contributed by atoms with E-state index in [-0.39, 0.29) is 5.88 Å². The van der Waals surface area contributed by atoms with E-state index >= 15 is 0 Å². The molecule has 174 valence electrons. The molecule has 0 fully saturated rings. The van der Waals surface area contributed by atoms with Crippen molar-refractivity contribution in [2.45, 2.75) is 12.2 Å². The normalized spacial score (nSPS) is 12.8. The van der Waals surface area contributed by atoms with Crippen molar-refractivity contribution >= 4 is 28.5 Å². The first kappa shape index (κ1) is 22.9. The molecule has 0 bridgehead atoms. The van der Waals surface area contributed by atoms with Crippen LogP contribution in [0.5, 0.6) is 5.88 Å². The van der Waals surface area contributed by atoms with E-state index < -0.39 is 12.2 Å². The highest BCUT2D eigenvalue weighted by atomic mass is 19.3. The number of pyridine rings is 1. The summed E-state index contributed by atoms with van der Waals surface area (Å²) < 4.78 is 30.7. The molecule has 9 nitrogen and oxygen atoms in total. The quantitative estimate of drug-likeness (QED) is 0.325. The van der Waals surface area contributed by atoms with Crippen molar-refractivity contribution in [2.24, 2.45) is 7.05 Å². The lowest BCUT2D eigenvalue weighted by atomic mass is 9.91. The molecule has 4 rings (SSSR count). The number of halogens is 2. The summed E-state index contributed by atoms with van der Waals surface area (Å²) in [6.07, 6.45) is 8.90. The van der Waals surface area contributed by atoms with Gasteiger partial charge in [0.15, 0.2) is 5.65 Å². The summed E-state index contributed by atoms with van der Waals surface area (Å²) in [5, 5.41) is 14.5. The molecule has 11 heteroatoms. The number of hydrogen-bond acceptors (Lipinski definition) is 8. The smallest absolute Gasteiger partial charge is 0.388 e. The second-order valence-electron chi connectivity index (χ2n) is 7.31. The molecule has 1 aromatic carbocycles. The predicted octanol–water partition coefficient (Wildman–Crippen LogP) is 3.26. The molecule has 0 spiro atoms. The Morgan fingerprint density at radius 1 is 1.15 bits per heavy atom. The maximum atomic E-state index is 12.4. The van der Waals surface area contributed by atoms with Gasteiger partial charge in [0.2, 0.25) is 11.8 Å². The number of likely N-dealkylation sites (N-methyl/N-ethyl adjacent to an activating group) is 1. The molecule has 1 atom stereocenters. The van der Waals surface area contributed by atoms with Crippen molar-refractivity contribution in [3.8, 4) is 18.2 Å². The van der Waals surface area contributed by atoms with E-state index in [4.69, 9.17) is 6.42 Å². The zero-order chi connectivity index (χ0) is 24.1. The van der Waals surface area contributed by atoms with Gasteiger partial charge in [-0.2, -0.15) is 23.8 Å². The number of fused-ring (bicyclic) bond motifs is 1. The standard InChI is InChI=1S/C23H22F2N8O/c1-4-23(26-2,15-8-6-5-7-9-15)14-28-22-31-19(17-13-29-33(3)20(17)32-22)30-16-10-11-18(27-12-16)34-21(24)25/h1,5-13,21,26H,14H2,2-3H3,(H2,28,30,31,32). The lowest BCUT2D eigenvalue weighted by Crippen LogP contribution is -2.44. The van der Waals surface area contributed by atoms with Crippen LogP contribution in [0.3, 0.4) is 0 Å². The minimum atomic E-state index is -2.94. The molecule has 0 aliphatic heterocycles. The maximum absolute atomic E-state index is 12.4. The van der Waals surface area contributed by atoms with E-state index in [0.717, 1.165) is 5.56 Å². The molecule has 0 saturated carbocycles. The number of rotatable bonds is 9. The summed E-state index contributed by atoms with van der Waals surface area (Å²) in [6.45, 7) is -2.63. The molecule has 0 amide bonds. The molecule has 1 unspecified atom stereocenters. The third kappa shape index (κ3) is 4.72. The predicted molar refractivity (Wildman–Crippen MR) is 125 cm³/mol. The number of terminal acetylenes is 1. The van der Waals surface area contributed by atoms with Gasteiger partial charge in [-0.3, -0.25) is 10.00 Å². The average Bonchev–Trinajstić information content (AvgIpc) is 3.22. The van der Waals surface area contributed by atoms with Gasteiger partial charge in [0, 0.05) is 13.1 Å². The van der Waals surface area contributed by atoms with Gasteiger partial charge in [0.1, 0.15) is 11.4 Å². The van der Waals surface area contributed by atoms with Crippen LogP contribution in [0.15, 0.2) is 54.9 Å². The van der Waals surface area contributed by atoms with Gasteiger partial charge in [-0.1, -0.05) is 36.3 Å². The number of aromatic nitrogens is 5. The van der Waals surface area contributed by atoms with E-state index in [1.54, 1.807) is 31.0 Å². The number of ether oxygens (including phenoxy) is 1. The highest BCUT2D eigenvalue weighted by molar-refractivity contribution is 5.89. The summed E-state index contributed by atoms with van der Waals surface area (Å²) in [7, 11) is 3.56. The minimum Gasteiger partial charge on any atom is -0.417 e. The largest absolute Gasteiger partial charge is 0.417 e. The summed E-state index contributed by atoms with van der Waals surface area (Å²) in [6, 6.07) is 12.6. The Morgan fingerprint density at radius 3 is 2.59 bits per heavy atom. The summed E-state index contributed by atoms with van der Waals surface area (Å²) in [4.78, 5) is 13.0. The van der Waals surface area contributed by atoms with Gasteiger partial charge in [-0.25, -0.2) is 4.98 Å². The summed E-state index contributed by atoms with van der Waals surface area (Å²) in [5.41, 5.74) is 1.24. The summed E-state index contributed by atoms with van der Waals surface area (Å²) in [5.74, 6) is 3.44. The van der Waals surface area contributed by atoms with Gasteiger partial charge < -0.3 is 15.4 Å². The van der Waals surface area contributed by atoms with Crippen molar-refractivity contribution in [1.82, 2.24) is 30.0 Å². The number of nitrogens with one attached hydrogen (secondary N) is 3. The van der Waals surface area contributed by atoms with Gasteiger partial charge in [0.25, 0.3) is 0 Å². The lowest BCUT2D eigenvalue weighted by Gasteiger charge is -2.29. The first-order valence-electron chi connectivity index (χ1n) is 10.3. The first-order chi connectivity index (χ1) is 16.4. The first-order valence-corrected chi connectivity index (χ1v) is 10.3. The SMILES string of the molecule is C#CC(CNc1nc(Nc2ccc(OC(F)F)nc2)c2cnn(C)c2n1)(NC)c1ccccc1. The Morgan fingerprint density at radius 2 is 1.94 bits per heavy atom. The van der Waals surface area contributed by atoms with Crippen molar-refractivity contribution in [2.75, 3.05) is 24.2 Å². The average molecular weight is 464 g/mol. The highest BCUT2D eigenvalue weighted by Gasteiger charge is 2.28. The summed E-state index contributed by atoms with van der Waals surface area (Å²) >= 11 is 0. The fourth-order valence-corrected chi connectivity index (χ4v) is 3.42. The van der Waals surface area contributed by atoms with Crippen molar-refractivity contribution in [3.63, 3.8) is 0 Å². The minimum absolute atomic E-state index is 0.185. The van der Waals surface area contributed by atoms with E-state index in [1.807, 2.05) is 30.3 Å². The molecule has 3 N–H and O–H groups in total. The van der Waals surface area contributed by atoms with Crippen molar-refractivity contribution in [3.05, 3.63) is 60.4 Å². The highest BCUT2D eigenvalue weighted by Crippen LogP contribution is 2.26. The third-order valence-corrected chi connectivity index (χ3v) is 5.25. The van der Waals surface area contributed by atoms with Crippen LogP contribution < -0.4 is 20.7 Å². The Kier molecular flexibility index (Phi) is 6.51. The van der Waals surface area contributed by atoms with Crippen molar-refractivity contribution in [1.29, 1.82) is 0 Å². The maximum Gasteiger partial charge on any atom is 0.388 e. The molecular weight excluding hydrogens is 442 g/mol. The van der Waals surface area contributed by atoms with Crippen LogP contribution in [-0.2, 0) is 12.6 Å². The van der Waals surface area contributed by atoms with Crippen LogP contribution in [0.25, 0.3) is 11.0 Å². The van der Waals surface area contributed by atoms with E-state index in [1.165, 1.54) is 12.3 Å². The van der Waals surface area contributed by atoms with Crippen LogP contribution in [0.2, 0.25) is 0 Å². The Hall–Kier alpha value is -4.30. The lowest BCUT2D eigenvalue weighted by molar-refractivity contribution is -0.0528. The number of nitrogens with zero attached hydrogens (tertiary/aromatic N) is 5. The third-order valence-electron chi connectivity index (χ3n) is 5.25. The molecular formula is C23H22F2N8O. The van der Waals surface area contributed by atoms with Crippen LogP contribution >= 0.6 is 0 Å². The zero-order valence-electron chi connectivity index (χ0n) is 18.5. The van der Waals surface area contributed by atoms with E-state index in [9.17, 15) is 8.78 Å². The van der Waals surface area contributed by atoms with Crippen LogP contribution in [0.1, 0.15) is 5.56 Å². The fraction of sp³-hybridized carbons (Fsp3) is 0.217. The monoisotopic (exact) mass is 464 g/mol. The molecule has 34 heavy (non-hydrogen) atoms. The Labute approximate surface area is 194 Å². The van der Waals surface area contributed by atoms with Gasteiger partial charge in [0.05, 0.1) is 30.0 Å². The van der Waals surface area contributed by atoms with Gasteiger partial charge >= 0.3 is 6.61 Å². The van der Waals surface area contributed by atoms with E-state index in [0.29, 0.717) is 35.0 Å². The number of anilines is 3. The topological polar surface area (TPSA) is 102 Å². The molecule has 3 heterocycles. The number of aryl methyl sites for hydroxylation is 1. The number of alkyl halides is 2. The number of benzene rings is 1. The molecule has 3 aromatic heterocycles. The molecule has 0 saturated heterocycles. The van der Waals surface area contributed by atoms with Gasteiger partial charge in [-0.15, -0.1) is 6.42 Å². The second kappa shape index (κ2) is 9.68.